The minimum Gasteiger partial charge on any atom is -0.508 e. The first-order valence-electron chi connectivity index (χ1n) is 4.73. The Labute approximate surface area is 89.2 Å². The van der Waals surface area contributed by atoms with Gasteiger partial charge in [-0.3, -0.25) is 0 Å². The summed E-state index contributed by atoms with van der Waals surface area (Å²) in [6.07, 6.45) is 1.92. The Morgan fingerprint density at radius 3 is 2.73 bits per heavy atom. The second-order valence-corrected chi connectivity index (χ2v) is 5.78. The van der Waals surface area contributed by atoms with Gasteiger partial charge in [-0.2, -0.15) is 4.31 Å². The largest absolute Gasteiger partial charge is 0.508 e. The average molecular weight is 227 g/mol. The topological polar surface area (TPSA) is 57.6 Å². The quantitative estimate of drug-likeness (QED) is 0.768. The lowest BCUT2D eigenvalue weighted by atomic mass is 10.0. The summed E-state index contributed by atoms with van der Waals surface area (Å²) in [5.41, 5.74) is 2.01. The minimum absolute atomic E-state index is 0.184. The summed E-state index contributed by atoms with van der Waals surface area (Å²) in [5.74, 6) is 0.184. The number of nitrogens with zero attached hydrogens (tertiary/aromatic N) is 1. The lowest BCUT2D eigenvalue weighted by molar-refractivity contribution is 0.392. The molecular weight excluding hydrogens is 214 g/mol. The zero-order valence-electron chi connectivity index (χ0n) is 8.47. The predicted molar refractivity (Wildman–Crippen MR) is 57.1 cm³/mol. The molecule has 1 aromatic rings. The molecule has 0 radical (unpaired) electrons. The van der Waals surface area contributed by atoms with E-state index in [4.69, 9.17) is 0 Å². The Morgan fingerprint density at radius 1 is 1.33 bits per heavy atom. The molecule has 0 amide bonds. The summed E-state index contributed by atoms with van der Waals surface area (Å²) in [5, 5.41) is 9.31. The van der Waals surface area contributed by atoms with Crippen molar-refractivity contribution in [3.05, 3.63) is 29.3 Å². The van der Waals surface area contributed by atoms with Gasteiger partial charge in [0.1, 0.15) is 5.75 Å². The van der Waals surface area contributed by atoms with Gasteiger partial charge in [0.25, 0.3) is 0 Å². The van der Waals surface area contributed by atoms with Crippen LogP contribution in [0.1, 0.15) is 11.1 Å². The summed E-state index contributed by atoms with van der Waals surface area (Å²) in [6.45, 7) is 0.888. The fourth-order valence-electron chi connectivity index (χ4n) is 1.80. The SMILES string of the molecule is CS(=O)(=O)N1CCc2ccc(O)cc2C1. The third kappa shape index (κ3) is 2.13. The maximum absolute atomic E-state index is 11.3. The first-order valence-corrected chi connectivity index (χ1v) is 6.57. The van der Waals surface area contributed by atoms with E-state index in [-0.39, 0.29) is 5.75 Å². The second kappa shape index (κ2) is 3.50. The first-order chi connectivity index (χ1) is 6.97. The van der Waals surface area contributed by atoms with Crippen molar-refractivity contribution in [1.29, 1.82) is 0 Å². The van der Waals surface area contributed by atoms with Crippen LogP contribution in [0.4, 0.5) is 0 Å². The molecule has 0 bridgehead atoms. The van der Waals surface area contributed by atoms with Crippen LogP contribution in [0.2, 0.25) is 0 Å². The van der Waals surface area contributed by atoms with E-state index in [1.54, 1.807) is 12.1 Å². The monoisotopic (exact) mass is 227 g/mol. The molecule has 1 aliphatic heterocycles. The highest BCUT2D eigenvalue weighted by atomic mass is 32.2. The number of phenolic OH excluding ortho intramolecular Hbond substituents is 1. The van der Waals surface area contributed by atoms with Gasteiger partial charge in [-0.1, -0.05) is 6.07 Å². The first kappa shape index (κ1) is 10.4. The minimum atomic E-state index is -3.13. The highest BCUT2D eigenvalue weighted by Crippen LogP contribution is 2.24. The normalized spacial score (nSPS) is 17.4. The maximum Gasteiger partial charge on any atom is 0.211 e. The lowest BCUT2D eigenvalue weighted by Crippen LogP contribution is -2.35. The van der Waals surface area contributed by atoms with Gasteiger partial charge >= 0.3 is 0 Å². The molecule has 0 aromatic heterocycles. The fourth-order valence-corrected chi connectivity index (χ4v) is 2.60. The summed E-state index contributed by atoms with van der Waals surface area (Å²) in [7, 11) is -3.13. The Balaban J connectivity index is 2.34. The molecule has 0 saturated heterocycles. The van der Waals surface area contributed by atoms with Crippen LogP contribution in [0, 0.1) is 0 Å². The summed E-state index contributed by atoms with van der Waals surface area (Å²) < 4.78 is 24.1. The molecule has 1 N–H and O–H groups in total. The summed E-state index contributed by atoms with van der Waals surface area (Å²) in [4.78, 5) is 0. The molecule has 0 spiro atoms. The number of sulfonamides is 1. The van der Waals surface area contributed by atoms with Gasteiger partial charge < -0.3 is 5.11 Å². The number of aromatic hydroxyl groups is 1. The number of hydrogen-bond donors (Lipinski definition) is 1. The van der Waals surface area contributed by atoms with Crippen molar-refractivity contribution in [2.24, 2.45) is 0 Å². The van der Waals surface area contributed by atoms with Gasteiger partial charge in [-0.05, 0) is 29.7 Å². The van der Waals surface area contributed by atoms with Crippen LogP contribution in [-0.4, -0.2) is 30.6 Å². The third-order valence-electron chi connectivity index (χ3n) is 2.64. The van der Waals surface area contributed by atoms with E-state index in [0.717, 1.165) is 11.1 Å². The third-order valence-corrected chi connectivity index (χ3v) is 3.89. The van der Waals surface area contributed by atoms with Crippen molar-refractivity contribution < 1.29 is 13.5 Å². The van der Waals surface area contributed by atoms with Crippen LogP contribution < -0.4 is 0 Å². The Morgan fingerprint density at radius 2 is 2.07 bits per heavy atom. The predicted octanol–water partition coefficient (Wildman–Crippen LogP) is 0.710. The van der Waals surface area contributed by atoms with Crippen molar-refractivity contribution >= 4 is 10.0 Å². The van der Waals surface area contributed by atoms with Gasteiger partial charge in [0.05, 0.1) is 6.26 Å². The molecule has 0 fully saturated rings. The molecule has 1 heterocycles. The van der Waals surface area contributed by atoms with Crippen LogP contribution in [-0.2, 0) is 23.0 Å². The van der Waals surface area contributed by atoms with Gasteiger partial charge in [0.15, 0.2) is 0 Å². The molecule has 0 atom stereocenters. The van der Waals surface area contributed by atoms with E-state index < -0.39 is 10.0 Å². The van der Waals surface area contributed by atoms with Crippen molar-refractivity contribution in [3.8, 4) is 5.75 Å². The van der Waals surface area contributed by atoms with E-state index in [9.17, 15) is 13.5 Å². The number of phenols is 1. The molecule has 0 unspecified atom stereocenters. The highest BCUT2D eigenvalue weighted by molar-refractivity contribution is 7.88. The molecule has 0 saturated carbocycles. The van der Waals surface area contributed by atoms with Gasteiger partial charge in [-0.25, -0.2) is 8.42 Å². The second-order valence-electron chi connectivity index (χ2n) is 3.80. The van der Waals surface area contributed by atoms with E-state index in [0.29, 0.717) is 19.5 Å². The molecule has 4 nitrogen and oxygen atoms in total. The molecule has 0 aliphatic carbocycles. The van der Waals surface area contributed by atoms with Crippen molar-refractivity contribution in [2.75, 3.05) is 12.8 Å². The zero-order valence-corrected chi connectivity index (χ0v) is 9.29. The van der Waals surface area contributed by atoms with Gasteiger partial charge in [0.2, 0.25) is 10.0 Å². The van der Waals surface area contributed by atoms with Crippen LogP contribution >= 0.6 is 0 Å². The maximum atomic E-state index is 11.3. The number of fused-ring (bicyclic) bond motifs is 1. The number of hydrogen-bond acceptors (Lipinski definition) is 3. The van der Waals surface area contributed by atoms with Crippen LogP contribution in [0.25, 0.3) is 0 Å². The van der Waals surface area contributed by atoms with E-state index in [1.807, 2.05) is 6.07 Å². The summed E-state index contributed by atoms with van der Waals surface area (Å²) in [6, 6.07) is 5.12. The smallest absolute Gasteiger partial charge is 0.211 e. The number of rotatable bonds is 1. The molecule has 15 heavy (non-hydrogen) atoms. The molecule has 5 heteroatoms. The van der Waals surface area contributed by atoms with Crippen molar-refractivity contribution in [1.82, 2.24) is 4.31 Å². The Hall–Kier alpha value is -1.07. The standard InChI is InChI=1S/C10H13NO3S/c1-15(13,14)11-5-4-8-2-3-10(12)6-9(8)7-11/h2-3,6,12H,4-5,7H2,1H3. The van der Waals surface area contributed by atoms with Crippen LogP contribution in [0.5, 0.6) is 5.75 Å². The van der Waals surface area contributed by atoms with E-state index in [2.05, 4.69) is 0 Å². The highest BCUT2D eigenvalue weighted by Gasteiger charge is 2.22. The van der Waals surface area contributed by atoms with Crippen LogP contribution in [0.3, 0.4) is 0 Å². The van der Waals surface area contributed by atoms with Crippen molar-refractivity contribution in [3.63, 3.8) is 0 Å². The number of benzene rings is 1. The average Bonchev–Trinajstić information content (AvgIpc) is 2.15. The molecule has 82 valence electrons. The molecule has 2 rings (SSSR count). The Kier molecular flexibility index (Phi) is 2.44. The zero-order chi connectivity index (χ0) is 11.1. The molecule has 1 aliphatic rings. The van der Waals surface area contributed by atoms with E-state index >= 15 is 0 Å². The van der Waals surface area contributed by atoms with Gasteiger partial charge in [-0.15, -0.1) is 0 Å². The lowest BCUT2D eigenvalue weighted by Gasteiger charge is -2.26. The Bertz CT molecular complexity index is 481. The van der Waals surface area contributed by atoms with Crippen LogP contribution in [0.15, 0.2) is 18.2 Å². The van der Waals surface area contributed by atoms with Crippen molar-refractivity contribution in [2.45, 2.75) is 13.0 Å². The van der Waals surface area contributed by atoms with E-state index in [1.165, 1.54) is 10.6 Å². The van der Waals surface area contributed by atoms with Gasteiger partial charge in [0, 0.05) is 13.1 Å². The fraction of sp³-hybridized carbons (Fsp3) is 0.400. The molecule has 1 aromatic carbocycles. The molecular formula is C10H13NO3S. The summed E-state index contributed by atoms with van der Waals surface area (Å²) >= 11 is 0.